The summed E-state index contributed by atoms with van der Waals surface area (Å²) in [6.07, 6.45) is 0.798. The molecular formula is C26H25N3O2. The largest absolute Gasteiger partial charge is 0.329 e. The molecule has 0 aliphatic rings. The van der Waals surface area contributed by atoms with Gasteiger partial charge in [-0.05, 0) is 49.7 Å². The van der Waals surface area contributed by atoms with Gasteiger partial charge in [0.15, 0.2) is 0 Å². The Hall–Kier alpha value is -3.73. The van der Waals surface area contributed by atoms with Crippen molar-refractivity contribution in [2.45, 2.75) is 26.3 Å². The van der Waals surface area contributed by atoms with Crippen LogP contribution >= 0.6 is 0 Å². The predicted molar refractivity (Wildman–Crippen MR) is 124 cm³/mol. The van der Waals surface area contributed by atoms with Crippen LogP contribution in [-0.4, -0.2) is 26.9 Å². The van der Waals surface area contributed by atoms with Gasteiger partial charge in [0.25, 0.3) is 11.5 Å². The number of nitrogens with zero attached hydrogens (tertiary/aromatic N) is 3. The standard InChI is InChI=1S/C26H25N3O2/c1-3-18-28(25(30)20-12-6-4-7-13-20)19(2)24-27-23-17-11-10-16-22(23)26(31)29(24)21-14-8-5-9-15-21/h4-17,19H,3,18H2,1-2H3. The van der Waals surface area contributed by atoms with Crippen molar-refractivity contribution in [3.63, 3.8) is 0 Å². The van der Waals surface area contributed by atoms with Gasteiger partial charge in [-0.15, -0.1) is 0 Å². The third-order valence-electron chi connectivity index (χ3n) is 5.40. The number of carbonyl (C=O) groups is 1. The molecule has 0 aliphatic carbocycles. The highest BCUT2D eigenvalue weighted by Gasteiger charge is 2.27. The summed E-state index contributed by atoms with van der Waals surface area (Å²) in [5, 5.41) is 0.554. The zero-order valence-electron chi connectivity index (χ0n) is 17.7. The van der Waals surface area contributed by atoms with Crippen molar-refractivity contribution in [3.05, 3.63) is 107 Å². The van der Waals surface area contributed by atoms with E-state index in [1.165, 1.54) is 0 Å². The van der Waals surface area contributed by atoms with Crippen LogP contribution in [0.2, 0.25) is 0 Å². The number of aromatic nitrogens is 2. The van der Waals surface area contributed by atoms with Gasteiger partial charge in [0.2, 0.25) is 0 Å². The molecule has 1 aromatic heterocycles. The quantitative estimate of drug-likeness (QED) is 0.449. The second-order valence-corrected chi connectivity index (χ2v) is 7.50. The molecule has 0 radical (unpaired) electrons. The number of rotatable bonds is 6. The molecule has 5 nitrogen and oxygen atoms in total. The van der Waals surface area contributed by atoms with Gasteiger partial charge in [-0.1, -0.05) is 55.5 Å². The lowest BCUT2D eigenvalue weighted by atomic mass is 10.1. The van der Waals surface area contributed by atoms with Gasteiger partial charge in [0.1, 0.15) is 5.82 Å². The third kappa shape index (κ3) is 3.99. The molecule has 0 bridgehead atoms. The first-order valence-electron chi connectivity index (χ1n) is 10.5. The molecule has 4 aromatic rings. The summed E-state index contributed by atoms with van der Waals surface area (Å²) in [7, 11) is 0. The maximum Gasteiger partial charge on any atom is 0.266 e. The molecular weight excluding hydrogens is 386 g/mol. The van der Waals surface area contributed by atoms with Gasteiger partial charge in [0.05, 0.1) is 22.6 Å². The number of hydrogen-bond acceptors (Lipinski definition) is 3. The molecule has 1 heterocycles. The van der Waals surface area contributed by atoms with Crippen molar-refractivity contribution >= 4 is 16.8 Å². The van der Waals surface area contributed by atoms with E-state index in [4.69, 9.17) is 4.98 Å². The summed E-state index contributed by atoms with van der Waals surface area (Å²) < 4.78 is 1.63. The van der Waals surface area contributed by atoms with Gasteiger partial charge in [-0.3, -0.25) is 14.2 Å². The van der Waals surface area contributed by atoms with E-state index in [1.54, 1.807) is 15.5 Å². The van der Waals surface area contributed by atoms with E-state index in [-0.39, 0.29) is 11.5 Å². The molecule has 0 saturated carbocycles. The molecule has 0 spiro atoms. The lowest BCUT2D eigenvalue weighted by Crippen LogP contribution is -2.38. The van der Waals surface area contributed by atoms with E-state index in [0.717, 1.165) is 12.1 Å². The molecule has 1 amide bonds. The average molecular weight is 412 g/mol. The minimum Gasteiger partial charge on any atom is -0.329 e. The molecule has 5 heteroatoms. The highest BCUT2D eigenvalue weighted by Crippen LogP contribution is 2.24. The zero-order valence-corrected chi connectivity index (χ0v) is 17.7. The van der Waals surface area contributed by atoms with E-state index in [2.05, 4.69) is 0 Å². The van der Waals surface area contributed by atoms with Gasteiger partial charge >= 0.3 is 0 Å². The monoisotopic (exact) mass is 411 g/mol. The van der Waals surface area contributed by atoms with Gasteiger partial charge < -0.3 is 4.90 Å². The number of carbonyl (C=O) groups excluding carboxylic acids is 1. The first-order chi connectivity index (χ1) is 15.1. The Morgan fingerprint density at radius 1 is 0.935 bits per heavy atom. The minimum absolute atomic E-state index is 0.0723. The summed E-state index contributed by atoms with van der Waals surface area (Å²) in [5.74, 6) is 0.476. The van der Waals surface area contributed by atoms with Crippen LogP contribution in [-0.2, 0) is 0 Å². The summed E-state index contributed by atoms with van der Waals surface area (Å²) in [5.41, 5.74) is 1.85. The number of benzene rings is 3. The first kappa shape index (κ1) is 20.5. The van der Waals surface area contributed by atoms with Crippen LogP contribution in [0.4, 0.5) is 0 Å². The Morgan fingerprint density at radius 3 is 2.23 bits per heavy atom. The van der Waals surface area contributed by atoms with Crippen molar-refractivity contribution in [3.8, 4) is 5.69 Å². The van der Waals surface area contributed by atoms with Gasteiger partial charge in [-0.25, -0.2) is 4.98 Å². The maximum absolute atomic E-state index is 13.5. The molecule has 3 aromatic carbocycles. The average Bonchev–Trinajstić information content (AvgIpc) is 2.83. The van der Waals surface area contributed by atoms with Crippen molar-refractivity contribution in [2.75, 3.05) is 6.54 Å². The van der Waals surface area contributed by atoms with Crippen LogP contribution in [0.15, 0.2) is 89.7 Å². The number of amides is 1. The zero-order chi connectivity index (χ0) is 21.8. The lowest BCUT2D eigenvalue weighted by molar-refractivity contribution is 0.0681. The topological polar surface area (TPSA) is 55.2 Å². The fourth-order valence-corrected chi connectivity index (χ4v) is 3.85. The number of hydrogen-bond donors (Lipinski definition) is 0. The fraction of sp³-hybridized carbons (Fsp3) is 0.192. The Kier molecular flexibility index (Phi) is 5.94. The molecule has 156 valence electrons. The highest BCUT2D eigenvalue weighted by molar-refractivity contribution is 5.94. The summed E-state index contributed by atoms with van der Waals surface area (Å²) >= 11 is 0. The van der Waals surface area contributed by atoms with Crippen LogP contribution in [0.5, 0.6) is 0 Å². The fourth-order valence-electron chi connectivity index (χ4n) is 3.85. The first-order valence-corrected chi connectivity index (χ1v) is 10.5. The van der Waals surface area contributed by atoms with E-state index in [9.17, 15) is 9.59 Å². The lowest BCUT2D eigenvalue weighted by Gasteiger charge is -2.30. The number of fused-ring (bicyclic) bond motifs is 1. The summed E-state index contributed by atoms with van der Waals surface area (Å²) in [6.45, 7) is 4.54. The van der Waals surface area contributed by atoms with Crippen LogP contribution in [0.1, 0.15) is 42.5 Å². The molecule has 1 unspecified atom stereocenters. The highest BCUT2D eigenvalue weighted by atomic mass is 16.2. The van der Waals surface area contributed by atoms with E-state index in [0.29, 0.717) is 28.8 Å². The Balaban J connectivity index is 1.90. The SMILES string of the molecule is CCCN(C(=O)c1ccccc1)C(C)c1nc2ccccc2c(=O)n1-c1ccccc1. The van der Waals surface area contributed by atoms with Crippen molar-refractivity contribution < 1.29 is 4.79 Å². The molecule has 0 N–H and O–H groups in total. The van der Waals surface area contributed by atoms with Crippen LogP contribution < -0.4 is 5.56 Å². The van der Waals surface area contributed by atoms with E-state index >= 15 is 0 Å². The normalized spacial score (nSPS) is 11.9. The second-order valence-electron chi connectivity index (χ2n) is 7.50. The molecule has 4 rings (SSSR count). The van der Waals surface area contributed by atoms with E-state index < -0.39 is 6.04 Å². The summed E-state index contributed by atoms with van der Waals surface area (Å²) in [4.78, 5) is 33.5. The Morgan fingerprint density at radius 2 is 1.55 bits per heavy atom. The molecule has 0 saturated heterocycles. The Bertz CT molecular complexity index is 1250. The maximum atomic E-state index is 13.5. The molecule has 31 heavy (non-hydrogen) atoms. The van der Waals surface area contributed by atoms with Crippen molar-refractivity contribution in [1.82, 2.24) is 14.5 Å². The van der Waals surface area contributed by atoms with Gasteiger partial charge in [0, 0.05) is 12.1 Å². The van der Waals surface area contributed by atoms with Crippen molar-refractivity contribution in [2.24, 2.45) is 0 Å². The van der Waals surface area contributed by atoms with Crippen LogP contribution in [0.3, 0.4) is 0 Å². The molecule has 0 fully saturated rings. The third-order valence-corrected chi connectivity index (χ3v) is 5.40. The molecule has 1 atom stereocenters. The van der Waals surface area contributed by atoms with Crippen LogP contribution in [0.25, 0.3) is 16.6 Å². The predicted octanol–water partition coefficient (Wildman–Crippen LogP) is 5.00. The number of para-hydroxylation sites is 2. The van der Waals surface area contributed by atoms with Gasteiger partial charge in [-0.2, -0.15) is 0 Å². The minimum atomic E-state index is -0.398. The van der Waals surface area contributed by atoms with Crippen molar-refractivity contribution in [1.29, 1.82) is 0 Å². The summed E-state index contributed by atoms with van der Waals surface area (Å²) in [6, 6.07) is 25.6. The smallest absolute Gasteiger partial charge is 0.266 e. The Labute approximate surface area is 181 Å². The molecule has 0 aliphatic heterocycles. The second kappa shape index (κ2) is 8.96. The van der Waals surface area contributed by atoms with Crippen LogP contribution in [0, 0.1) is 0 Å². The van der Waals surface area contributed by atoms with E-state index in [1.807, 2.05) is 92.7 Å².